The molecule has 0 bridgehead atoms. The van der Waals surface area contributed by atoms with Crippen molar-refractivity contribution in [2.75, 3.05) is 33.0 Å². The van der Waals surface area contributed by atoms with Gasteiger partial charge in [0.05, 0.1) is 31.5 Å². The lowest BCUT2D eigenvalue weighted by atomic mass is 9.95. The molecule has 0 aromatic heterocycles. The van der Waals surface area contributed by atoms with Gasteiger partial charge in [-0.25, -0.2) is 0 Å². The van der Waals surface area contributed by atoms with Crippen LogP contribution < -0.4 is 5.73 Å². The predicted octanol–water partition coefficient (Wildman–Crippen LogP) is -5.01. The van der Waals surface area contributed by atoms with Gasteiger partial charge in [0.2, 0.25) is 0 Å². The summed E-state index contributed by atoms with van der Waals surface area (Å²) < 4.78 is 33.8. The molecule has 0 radical (unpaired) electrons. The smallest absolute Gasteiger partial charge is 0.187 e. The Labute approximate surface area is 274 Å². The molecule has 15 atom stereocenters. The number of nitrogens with two attached hydrogens (primary N) is 1. The van der Waals surface area contributed by atoms with Crippen LogP contribution in [0.5, 0.6) is 0 Å². The molecule has 0 aliphatic carbocycles. The van der Waals surface area contributed by atoms with E-state index in [0.717, 1.165) is 0 Å². The van der Waals surface area contributed by atoms with E-state index in [1.807, 2.05) is 13.8 Å². The third kappa shape index (κ3) is 11.9. The fourth-order valence-electron chi connectivity index (χ4n) is 4.94. The number of hydrogen-bond donors (Lipinski definition) is 12. The molecule has 13 N–H and O–H groups in total. The highest BCUT2D eigenvalue weighted by molar-refractivity contribution is 4.95. The summed E-state index contributed by atoms with van der Waals surface area (Å²) in [5.41, 5.74) is 4.83. The van der Waals surface area contributed by atoms with Gasteiger partial charge in [-0.1, -0.05) is 6.92 Å². The standard InChI is InChI=1S/C29H57NO17/c1-13(10-31)16(34)20(38)23(25(41)42-8-7-29(4,5)43-9-6-28(2,3)30)46-27-24(21(39)18(36)15(12-33)45-27)47-26-22(40)19(37)17(35)14(11-32)44-26/h13-27,31-41H,6-12,30H2,1-5H3. The Balaban J connectivity index is 2.30. The summed E-state index contributed by atoms with van der Waals surface area (Å²) in [6, 6.07) is 0. The molecule has 47 heavy (non-hydrogen) atoms. The average Bonchev–Trinajstić information content (AvgIpc) is 3.00. The Bertz CT molecular complexity index is 893. The van der Waals surface area contributed by atoms with Gasteiger partial charge in [-0.3, -0.25) is 0 Å². The highest BCUT2D eigenvalue weighted by Crippen LogP contribution is 2.32. The van der Waals surface area contributed by atoms with Crippen molar-refractivity contribution < 1.29 is 84.6 Å². The highest BCUT2D eigenvalue weighted by Gasteiger charge is 2.52. The summed E-state index contributed by atoms with van der Waals surface area (Å²) in [6.07, 6.45) is -24.4. The van der Waals surface area contributed by atoms with Crippen molar-refractivity contribution in [2.24, 2.45) is 11.7 Å². The number of hydrogen-bond acceptors (Lipinski definition) is 18. The van der Waals surface area contributed by atoms with E-state index < -0.39 is 123 Å². The van der Waals surface area contributed by atoms with E-state index in [-0.39, 0.29) is 13.0 Å². The van der Waals surface area contributed by atoms with Crippen LogP contribution in [-0.4, -0.2) is 186 Å². The van der Waals surface area contributed by atoms with Crippen LogP contribution in [0.4, 0.5) is 0 Å². The Kier molecular flexibility index (Phi) is 16.7. The second-order valence-corrected chi connectivity index (χ2v) is 13.6. The van der Waals surface area contributed by atoms with Crippen LogP contribution in [0.3, 0.4) is 0 Å². The van der Waals surface area contributed by atoms with Gasteiger partial charge in [0.15, 0.2) is 18.9 Å². The van der Waals surface area contributed by atoms with Gasteiger partial charge < -0.3 is 90.3 Å². The third-order valence-corrected chi connectivity index (χ3v) is 8.33. The lowest BCUT2D eigenvalue weighted by Gasteiger charge is -2.47. The highest BCUT2D eigenvalue weighted by atomic mass is 16.8. The summed E-state index contributed by atoms with van der Waals surface area (Å²) in [7, 11) is 0. The topological polar surface area (TPSA) is 304 Å². The van der Waals surface area contributed by atoms with Gasteiger partial charge >= 0.3 is 0 Å². The molecule has 0 spiro atoms. The number of ether oxygens (including phenoxy) is 6. The quantitative estimate of drug-likeness (QED) is 0.0564. The number of aliphatic hydroxyl groups is 11. The van der Waals surface area contributed by atoms with Crippen LogP contribution in [0, 0.1) is 5.92 Å². The lowest BCUT2D eigenvalue weighted by Crippen LogP contribution is -2.65. The summed E-state index contributed by atoms with van der Waals surface area (Å²) in [6.45, 7) is 6.72. The summed E-state index contributed by atoms with van der Waals surface area (Å²) in [4.78, 5) is 0. The molecule has 2 aliphatic heterocycles. The van der Waals surface area contributed by atoms with Crippen molar-refractivity contribution in [3.8, 4) is 0 Å². The van der Waals surface area contributed by atoms with Crippen LogP contribution >= 0.6 is 0 Å². The minimum atomic E-state index is -1.99. The molecule has 18 heteroatoms. The maximum absolute atomic E-state index is 11.1. The third-order valence-electron chi connectivity index (χ3n) is 8.33. The zero-order valence-electron chi connectivity index (χ0n) is 27.6. The Morgan fingerprint density at radius 1 is 0.723 bits per heavy atom. The van der Waals surface area contributed by atoms with E-state index in [2.05, 4.69) is 0 Å². The molecule has 2 fully saturated rings. The monoisotopic (exact) mass is 691 g/mol. The Hall–Kier alpha value is -0.720. The molecule has 0 saturated carbocycles. The van der Waals surface area contributed by atoms with Crippen LogP contribution in [0.2, 0.25) is 0 Å². The predicted molar refractivity (Wildman–Crippen MR) is 159 cm³/mol. The molecule has 2 saturated heterocycles. The van der Waals surface area contributed by atoms with E-state index in [1.54, 1.807) is 13.8 Å². The first kappa shape index (κ1) is 42.4. The summed E-state index contributed by atoms with van der Waals surface area (Å²) >= 11 is 0. The fraction of sp³-hybridized carbons (Fsp3) is 1.00. The zero-order valence-corrected chi connectivity index (χ0v) is 27.6. The molecule has 0 aromatic carbocycles. The van der Waals surface area contributed by atoms with Crippen molar-refractivity contribution in [1.29, 1.82) is 0 Å². The number of rotatable bonds is 19. The van der Waals surface area contributed by atoms with E-state index in [1.165, 1.54) is 6.92 Å². The first-order valence-corrected chi connectivity index (χ1v) is 15.7. The van der Waals surface area contributed by atoms with Gasteiger partial charge in [0.25, 0.3) is 0 Å². The van der Waals surface area contributed by atoms with Gasteiger partial charge in [0, 0.05) is 24.7 Å². The Morgan fingerprint density at radius 3 is 1.81 bits per heavy atom. The van der Waals surface area contributed by atoms with Crippen molar-refractivity contribution >= 4 is 0 Å². The SMILES string of the molecule is CC(CO)C(O)C(O)C(OC1OC(CO)C(O)C(O)C1OC1OC(CO)C(O)C(O)C1O)C(O)OCCC(C)(C)OCCC(C)(C)N. The second kappa shape index (κ2) is 18.5. The van der Waals surface area contributed by atoms with Crippen molar-refractivity contribution in [3.05, 3.63) is 0 Å². The molecule has 2 aliphatic rings. The van der Waals surface area contributed by atoms with Crippen LogP contribution in [0.15, 0.2) is 0 Å². The van der Waals surface area contributed by atoms with Gasteiger partial charge in [-0.15, -0.1) is 0 Å². The van der Waals surface area contributed by atoms with Crippen LogP contribution in [0.1, 0.15) is 47.5 Å². The minimum Gasteiger partial charge on any atom is -0.396 e. The first-order valence-electron chi connectivity index (χ1n) is 15.7. The Morgan fingerprint density at radius 2 is 1.28 bits per heavy atom. The van der Waals surface area contributed by atoms with Crippen LogP contribution in [-0.2, 0) is 28.4 Å². The van der Waals surface area contributed by atoms with Crippen molar-refractivity contribution in [2.45, 2.75) is 145 Å². The normalized spacial score (nSPS) is 35.7. The van der Waals surface area contributed by atoms with Gasteiger partial charge in [-0.05, 0) is 40.5 Å². The molecule has 2 heterocycles. The number of aliphatic hydroxyl groups excluding tert-OH is 11. The van der Waals surface area contributed by atoms with E-state index in [0.29, 0.717) is 13.0 Å². The molecule has 2 rings (SSSR count). The molecule has 18 nitrogen and oxygen atoms in total. The zero-order chi connectivity index (χ0) is 35.9. The molecule has 0 amide bonds. The molecule has 15 unspecified atom stereocenters. The fourth-order valence-corrected chi connectivity index (χ4v) is 4.94. The molecular formula is C29H57NO17. The summed E-state index contributed by atoms with van der Waals surface area (Å²) in [5.74, 6) is -0.923. The van der Waals surface area contributed by atoms with Gasteiger partial charge in [0.1, 0.15) is 61.0 Å². The van der Waals surface area contributed by atoms with Crippen molar-refractivity contribution in [1.82, 2.24) is 0 Å². The largest absolute Gasteiger partial charge is 0.396 e. The second-order valence-electron chi connectivity index (χ2n) is 13.6. The molecule has 0 aromatic rings. The van der Waals surface area contributed by atoms with E-state index in [9.17, 15) is 56.2 Å². The maximum Gasteiger partial charge on any atom is 0.187 e. The molecule has 280 valence electrons. The van der Waals surface area contributed by atoms with E-state index >= 15 is 0 Å². The van der Waals surface area contributed by atoms with Gasteiger partial charge in [-0.2, -0.15) is 0 Å². The summed E-state index contributed by atoms with van der Waals surface area (Å²) in [5, 5.41) is 114. The minimum absolute atomic E-state index is 0.144. The molecular weight excluding hydrogens is 634 g/mol. The average molecular weight is 692 g/mol. The lowest BCUT2D eigenvalue weighted by molar-refractivity contribution is -0.382. The first-order chi connectivity index (χ1) is 21.8. The van der Waals surface area contributed by atoms with Crippen LogP contribution in [0.25, 0.3) is 0 Å². The van der Waals surface area contributed by atoms with Crippen molar-refractivity contribution in [3.63, 3.8) is 0 Å². The maximum atomic E-state index is 11.1. The van der Waals surface area contributed by atoms with E-state index in [4.69, 9.17) is 34.2 Å².